The van der Waals surface area contributed by atoms with E-state index in [0.717, 1.165) is 36.5 Å². The molecule has 0 saturated carbocycles. The van der Waals surface area contributed by atoms with Crippen molar-refractivity contribution in [3.63, 3.8) is 0 Å². The molecule has 0 aromatic rings. The van der Waals surface area contributed by atoms with Crippen LogP contribution in [0.3, 0.4) is 0 Å². The predicted molar refractivity (Wildman–Crippen MR) is 85.3 cm³/mol. The monoisotopic (exact) mass is 307 g/mol. The molecule has 4 nitrogen and oxygen atoms in total. The van der Waals surface area contributed by atoms with Crippen molar-refractivity contribution in [1.82, 2.24) is 0 Å². The van der Waals surface area contributed by atoms with Gasteiger partial charge in [0.2, 0.25) is 0 Å². The van der Waals surface area contributed by atoms with Gasteiger partial charge in [-0.1, -0.05) is 32.1 Å². The lowest BCUT2D eigenvalue weighted by atomic mass is 10.1. The summed E-state index contributed by atoms with van der Waals surface area (Å²) in [5.41, 5.74) is 0. The summed E-state index contributed by atoms with van der Waals surface area (Å²) in [6.07, 6.45) is 9.40. The Balaban J connectivity index is 3.24. The number of carbonyl (C=O) groups is 1. The van der Waals surface area contributed by atoms with Gasteiger partial charge in [0, 0.05) is 6.42 Å². The first-order valence-electron chi connectivity index (χ1n) is 7.78. The Morgan fingerprint density at radius 2 is 1.15 bits per heavy atom. The van der Waals surface area contributed by atoms with Gasteiger partial charge >= 0.3 is 5.97 Å². The van der Waals surface area contributed by atoms with Crippen LogP contribution < -0.4 is 0 Å². The van der Waals surface area contributed by atoms with E-state index in [9.17, 15) is 4.79 Å². The van der Waals surface area contributed by atoms with E-state index in [4.69, 9.17) is 15.3 Å². The lowest BCUT2D eigenvalue weighted by Gasteiger charge is -2.06. The van der Waals surface area contributed by atoms with E-state index in [1.54, 1.807) is 0 Å². The minimum atomic E-state index is -0.689. The number of unbranched alkanes of at least 4 members (excludes halogenated alkanes) is 7. The molecular weight excluding hydrogens is 276 g/mol. The van der Waals surface area contributed by atoms with E-state index in [-0.39, 0.29) is 24.1 Å². The first kappa shape index (κ1) is 19.7. The molecule has 5 heteroatoms. The fourth-order valence-electron chi connectivity index (χ4n) is 2.21. The van der Waals surface area contributed by atoms with Crippen molar-refractivity contribution in [2.75, 3.05) is 30.5 Å². The molecular formula is C15H31O4S+. The maximum atomic E-state index is 10.3. The van der Waals surface area contributed by atoms with Gasteiger partial charge in [0.25, 0.3) is 0 Å². The minimum absolute atomic E-state index is 0.204. The van der Waals surface area contributed by atoms with E-state index < -0.39 is 5.97 Å². The zero-order chi connectivity index (χ0) is 15.1. The van der Waals surface area contributed by atoms with Crippen LogP contribution >= 0.6 is 0 Å². The molecule has 0 aliphatic heterocycles. The molecule has 0 saturated heterocycles. The molecule has 0 heterocycles. The molecule has 0 fully saturated rings. The zero-order valence-corrected chi connectivity index (χ0v) is 13.4. The maximum absolute atomic E-state index is 10.3. The topological polar surface area (TPSA) is 77.8 Å². The van der Waals surface area contributed by atoms with Crippen LogP contribution in [0.25, 0.3) is 0 Å². The Morgan fingerprint density at radius 3 is 1.60 bits per heavy atom. The third-order valence-electron chi connectivity index (χ3n) is 3.33. The van der Waals surface area contributed by atoms with E-state index in [0.29, 0.717) is 6.42 Å². The fraction of sp³-hybridized carbons (Fsp3) is 0.933. The van der Waals surface area contributed by atoms with E-state index in [1.807, 2.05) is 0 Å². The van der Waals surface area contributed by atoms with Crippen LogP contribution in [-0.4, -0.2) is 51.8 Å². The van der Waals surface area contributed by atoms with E-state index in [2.05, 4.69) is 0 Å². The molecule has 0 unspecified atom stereocenters. The average Bonchev–Trinajstić information content (AvgIpc) is 2.41. The molecule has 120 valence electrons. The zero-order valence-electron chi connectivity index (χ0n) is 12.6. The second-order valence-corrected chi connectivity index (χ2v) is 7.59. The van der Waals surface area contributed by atoms with Crippen LogP contribution in [-0.2, 0) is 15.7 Å². The summed E-state index contributed by atoms with van der Waals surface area (Å²) in [7, 11) is 0.204. The van der Waals surface area contributed by atoms with Gasteiger partial charge in [-0.05, 0) is 30.2 Å². The molecule has 0 aromatic heterocycles. The van der Waals surface area contributed by atoms with E-state index in [1.165, 1.54) is 32.1 Å². The lowest BCUT2D eigenvalue weighted by Crippen LogP contribution is -2.20. The average molecular weight is 307 g/mol. The number of aliphatic carboxylic acids is 1. The Labute approximate surface area is 125 Å². The van der Waals surface area contributed by atoms with E-state index >= 15 is 0 Å². The van der Waals surface area contributed by atoms with Crippen LogP contribution in [0.5, 0.6) is 0 Å². The highest BCUT2D eigenvalue weighted by Crippen LogP contribution is 2.11. The van der Waals surface area contributed by atoms with Gasteiger partial charge in [-0.3, -0.25) is 4.79 Å². The number of aliphatic hydroxyl groups excluding tert-OH is 2. The number of hydrogen-bond acceptors (Lipinski definition) is 3. The molecule has 3 N–H and O–H groups in total. The Hall–Kier alpha value is -0.260. The number of carboxylic acids is 1. The Bertz CT molecular complexity index is 218. The van der Waals surface area contributed by atoms with Crippen molar-refractivity contribution in [1.29, 1.82) is 0 Å². The number of carboxylic acid groups (broad SMARTS) is 1. The lowest BCUT2D eigenvalue weighted by molar-refractivity contribution is -0.137. The quantitative estimate of drug-likeness (QED) is 0.320. The largest absolute Gasteiger partial charge is 0.481 e. The summed E-state index contributed by atoms with van der Waals surface area (Å²) < 4.78 is 0. The number of rotatable bonds is 15. The third-order valence-corrected chi connectivity index (χ3v) is 5.72. The van der Waals surface area contributed by atoms with Crippen molar-refractivity contribution in [3.05, 3.63) is 0 Å². The Morgan fingerprint density at radius 1 is 0.700 bits per heavy atom. The van der Waals surface area contributed by atoms with Gasteiger partial charge in [0.1, 0.15) is 17.3 Å². The van der Waals surface area contributed by atoms with Gasteiger partial charge in [0.15, 0.2) is 0 Å². The van der Waals surface area contributed by atoms with Crippen LogP contribution in [0.1, 0.15) is 57.8 Å². The normalized spacial score (nSPS) is 11.2. The summed E-state index contributed by atoms with van der Waals surface area (Å²) in [5.74, 6) is 2.12. The molecule has 0 aliphatic carbocycles. The SMILES string of the molecule is O=C(O)CCCCCCCCCC[S+](CCO)CCO. The molecule has 0 spiro atoms. The fourth-order valence-corrected chi connectivity index (χ4v) is 3.95. The van der Waals surface area contributed by atoms with Gasteiger partial charge in [-0.15, -0.1) is 0 Å². The van der Waals surface area contributed by atoms with Gasteiger partial charge in [0.05, 0.1) is 13.2 Å². The standard InChI is InChI=1S/C15H30O4S/c16-10-13-20(14-11-17)12-8-6-4-2-1-3-5-7-9-15(18)19/h16-17H,1-14H2/p+1. The summed E-state index contributed by atoms with van der Waals surface area (Å²) in [4.78, 5) is 10.3. The summed E-state index contributed by atoms with van der Waals surface area (Å²) in [6.45, 7) is 0.471. The first-order valence-corrected chi connectivity index (χ1v) is 9.51. The van der Waals surface area contributed by atoms with Crippen LogP contribution in [0.15, 0.2) is 0 Å². The first-order chi connectivity index (χ1) is 9.70. The second kappa shape index (κ2) is 15.1. The smallest absolute Gasteiger partial charge is 0.303 e. The van der Waals surface area contributed by atoms with Crippen LogP contribution in [0, 0.1) is 0 Å². The molecule has 0 aliphatic rings. The molecule has 0 aromatic carbocycles. The van der Waals surface area contributed by atoms with Crippen molar-refractivity contribution < 1.29 is 20.1 Å². The Kier molecular flexibility index (Phi) is 14.9. The van der Waals surface area contributed by atoms with Crippen molar-refractivity contribution in [2.24, 2.45) is 0 Å². The predicted octanol–water partition coefficient (Wildman–Crippen LogP) is 2.18. The third kappa shape index (κ3) is 14.2. The van der Waals surface area contributed by atoms with Gasteiger partial charge in [-0.2, -0.15) is 0 Å². The molecule has 0 bridgehead atoms. The summed E-state index contributed by atoms with van der Waals surface area (Å²) >= 11 is 0. The highest BCUT2D eigenvalue weighted by molar-refractivity contribution is 7.96. The van der Waals surface area contributed by atoms with Crippen molar-refractivity contribution in [2.45, 2.75) is 57.8 Å². The minimum Gasteiger partial charge on any atom is -0.481 e. The molecule has 20 heavy (non-hydrogen) atoms. The molecule has 0 radical (unpaired) electrons. The summed E-state index contributed by atoms with van der Waals surface area (Å²) in [6, 6.07) is 0. The summed E-state index contributed by atoms with van der Waals surface area (Å²) in [5, 5.41) is 26.4. The van der Waals surface area contributed by atoms with Crippen LogP contribution in [0.4, 0.5) is 0 Å². The van der Waals surface area contributed by atoms with Gasteiger partial charge < -0.3 is 15.3 Å². The number of hydrogen-bond donors (Lipinski definition) is 3. The molecule has 0 rings (SSSR count). The molecule has 0 atom stereocenters. The van der Waals surface area contributed by atoms with Gasteiger partial charge in [-0.25, -0.2) is 0 Å². The van der Waals surface area contributed by atoms with Crippen LogP contribution in [0.2, 0.25) is 0 Å². The molecule has 0 amide bonds. The highest BCUT2D eigenvalue weighted by Gasteiger charge is 2.15. The number of aliphatic hydroxyl groups is 2. The van der Waals surface area contributed by atoms with Crippen molar-refractivity contribution in [3.8, 4) is 0 Å². The highest BCUT2D eigenvalue weighted by atomic mass is 32.2. The maximum Gasteiger partial charge on any atom is 0.303 e. The van der Waals surface area contributed by atoms with Crippen molar-refractivity contribution >= 4 is 16.9 Å². The second-order valence-electron chi connectivity index (χ2n) is 5.14.